The van der Waals surface area contributed by atoms with Crippen LogP contribution in [0.1, 0.15) is 12.5 Å². The second-order valence-corrected chi connectivity index (χ2v) is 7.63. The summed E-state index contributed by atoms with van der Waals surface area (Å²) in [6.07, 6.45) is 1.43. The van der Waals surface area contributed by atoms with E-state index in [1.807, 2.05) is 6.07 Å². The largest absolute Gasteiger partial charge is 0.480 e. The molecule has 2 aromatic carbocycles. The second-order valence-electron chi connectivity index (χ2n) is 5.51. The third-order valence-electron chi connectivity index (χ3n) is 3.46. The summed E-state index contributed by atoms with van der Waals surface area (Å²) in [6.45, 7) is 1.73. The molecule has 2 aromatic rings. The monoisotopic (exact) mass is 540 g/mol. The van der Waals surface area contributed by atoms with E-state index in [1.165, 1.54) is 6.08 Å². The molecule has 9 heteroatoms. The molecular formula is C20H15Br2ClN2O4. The third kappa shape index (κ3) is 6.60. The standard InChI is InChI=1S/C20H15Br2ClN2O4/c1-2-28-18(26)11-29-19-14(21)8-12(9-15(19)22)7-13(10-24)20(27)25-17-6-4-3-5-16(17)23/h3-9H,2,11H2,1H3,(H,25,27)/b13-7+. The van der Waals surface area contributed by atoms with Crippen molar-refractivity contribution < 1.29 is 19.1 Å². The molecule has 0 aromatic heterocycles. The molecule has 0 aliphatic carbocycles. The Kier molecular flexibility index (Phi) is 8.70. The summed E-state index contributed by atoms with van der Waals surface area (Å²) in [5, 5.41) is 12.4. The Labute approximate surface area is 189 Å². The molecule has 0 aliphatic heterocycles. The van der Waals surface area contributed by atoms with Crippen molar-refractivity contribution in [3.05, 3.63) is 61.5 Å². The minimum atomic E-state index is -0.588. The van der Waals surface area contributed by atoms with Gasteiger partial charge in [-0.05, 0) is 74.7 Å². The number of anilines is 1. The lowest BCUT2D eigenvalue weighted by Crippen LogP contribution is -2.15. The van der Waals surface area contributed by atoms with Crippen molar-refractivity contribution in [2.24, 2.45) is 0 Å². The molecule has 0 spiro atoms. The van der Waals surface area contributed by atoms with Gasteiger partial charge in [0.05, 0.1) is 26.3 Å². The predicted octanol–water partition coefficient (Wildman–Crippen LogP) is 5.35. The molecular weight excluding hydrogens is 527 g/mol. The van der Waals surface area contributed by atoms with Gasteiger partial charge in [-0.3, -0.25) is 4.79 Å². The molecule has 0 heterocycles. The Morgan fingerprint density at radius 1 is 1.24 bits per heavy atom. The number of hydrogen-bond donors (Lipinski definition) is 1. The number of amides is 1. The molecule has 0 saturated carbocycles. The number of ether oxygens (including phenoxy) is 2. The fraction of sp³-hybridized carbons (Fsp3) is 0.150. The Hall–Kier alpha value is -2.34. The molecule has 0 aliphatic rings. The molecule has 1 amide bonds. The van der Waals surface area contributed by atoms with Crippen LogP contribution in [0.4, 0.5) is 5.69 Å². The molecule has 0 saturated heterocycles. The molecule has 0 radical (unpaired) electrons. The summed E-state index contributed by atoms with van der Waals surface area (Å²) in [4.78, 5) is 23.9. The number of para-hydroxylation sites is 1. The Morgan fingerprint density at radius 3 is 2.48 bits per heavy atom. The molecule has 150 valence electrons. The Bertz CT molecular complexity index is 979. The smallest absolute Gasteiger partial charge is 0.344 e. The number of nitrogens with zero attached hydrogens (tertiary/aromatic N) is 1. The van der Waals surface area contributed by atoms with Crippen LogP contribution >= 0.6 is 43.5 Å². The molecule has 29 heavy (non-hydrogen) atoms. The first-order chi connectivity index (χ1) is 13.8. The highest BCUT2D eigenvalue weighted by molar-refractivity contribution is 9.11. The van der Waals surface area contributed by atoms with Gasteiger partial charge in [0.2, 0.25) is 0 Å². The quantitative estimate of drug-likeness (QED) is 0.289. The number of carbonyl (C=O) groups is 2. The number of rotatable bonds is 7. The van der Waals surface area contributed by atoms with Gasteiger partial charge in [0.15, 0.2) is 6.61 Å². The van der Waals surface area contributed by atoms with Crippen LogP contribution in [0.15, 0.2) is 50.9 Å². The minimum Gasteiger partial charge on any atom is -0.480 e. The zero-order valence-corrected chi connectivity index (χ0v) is 19.1. The van der Waals surface area contributed by atoms with Crippen LogP contribution in [0.2, 0.25) is 5.02 Å². The lowest BCUT2D eigenvalue weighted by molar-refractivity contribution is -0.145. The van der Waals surface area contributed by atoms with Crippen LogP contribution in [0, 0.1) is 11.3 Å². The van der Waals surface area contributed by atoms with Gasteiger partial charge in [-0.25, -0.2) is 4.79 Å². The molecule has 0 unspecified atom stereocenters. The van der Waals surface area contributed by atoms with Gasteiger partial charge in [0, 0.05) is 0 Å². The van der Waals surface area contributed by atoms with Crippen LogP contribution in [-0.4, -0.2) is 25.1 Å². The third-order valence-corrected chi connectivity index (χ3v) is 4.97. The van der Waals surface area contributed by atoms with E-state index in [2.05, 4.69) is 37.2 Å². The SMILES string of the molecule is CCOC(=O)COc1c(Br)cc(/C=C(\C#N)C(=O)Nc2ccccc2Cl)cc1Br. The highest BCUT2D eigenvalue weighted by Crippen LogP contribution is 2.35. The summed E-state index contributed by atoms with van der Waals surface area (Å²) in [7, 11) is 0. The van der Waals surface area contributed by atoms with Crippen molar-refractivity contribution in [3.8, 4) is 11.8 Å². The van der Waals surface area contributed by atoms with Crippen molar-refractivity contribution in [2.75, 3.05) is 18.5 Å². The summed E-state index contributed by atoms with van der Waals surface area (Å²) >= 11 is 12.8. The van der Waals surface area contributed by atoms with Crippen molar-refractivity contribution in [1.29, 1.82) is 5.26 Å². The molecule has 1 N–H and O–H groups in total. The van der Waals surface area contributed by atoms with Gasteiger partial charge in [-0.1, -0.05) is 23.7 Å². The van der Waals surface area contributed by atoms with Crippen molar-refractivity contribution in [3.63, 3.8) is 0 Å². The highest BCUT2D eigenvalue weighted by atomic mass is 79.9. The summed E-state index contributed by atoms with van der Waals surface area (Å²) < 4.78 is 11.4. The van der Waals surface area contributed by atoms with E-state index in [9.17, 15) is 14.9 Å². The van der Waals surface area contributed by atoms with E-state index in [0.717, 1.165) is 0 Å². The van der Waals surface area contributed by atoms with Gasteiger partial charge < -0.3 is 14.8 Å². The average molecular weight is 543 g/mol. The number of esters is 1. The van der Waals surface area contributed by atoms with Crippen molar-refractivity contribution in [1.82, 2.24) is 0 Å². The van der Waals surface area contributed by atoms with E-state index in [4.69, 9.17) is 21.1 Å². The van der Waals surface area contributed by atoms with E-state index in [-0.39, 0.29) is 18.8 Å². The molecule has 6 nitrogen and oxygen atoms in total. The first-order valence-corrected chi connectivity index (χ1v) is 10.3. The summed E-state index contributed by atoms with van der Waals surface area (Å²) in [5.41, 5.74) is 0.868. The van der Waals surface area contributed by atoms with Crippen molar-refractivity contribution >= 4 is 67.1 Å². The fourth-order valence-corrected chi connectivity index (χ4v) is 3.84. The average Bonchev–Trinajstić information content (AvgIpc) is 2.67. The predicted molar refractivity (Wildman–Crippen MR) is 118 cm³/mol. The van der Waals surface area contributed by atoms with E-state index in [0.29, 0.717) is 31.0 Å². The molecule has 2 rings (SSSR count). The number of halogens is 3. The number of hydrogen-bond acceptors (Lipinski definition) is 5. The van der Waals surface area contributed by atoms with Gasteiger partial charge in [-0.2, -0.15) is 5.26 Å². The maximum Gasteiger partial charge on any atom is 0.344 e. The van der Waals surface area contributed by atoms with Crippen molar-refractivity contribution in [2.45, 2.75) is 6.92 Å². The van der Waals surface area contributed by atoms with Crippen LogP contribution in [0.5, 0.6) is 5.75 Å². The molecule has 0 atom stereocenters. The molecule has 0 fully saturated rings. The second kappa shape index (κ2) is 11.0. The Morgan fingerprint density at radius 2 is 1.90 bits per heavy atom. The zero-order valence-electron chi connectivity index (χ0n) is 15.2. The summed E-state index contributed by atoms with van der Waals surface area (Å²) in [6, 6.07) is 11.9. The zero-order chi connectivity index (χ0) is 21.4. The number of carbonyl (C=O) groups excluding carboxylic acids is 2. The van der Waals surface area contributed by atoms with E-state index in [1.54, 1.807) is 43.3 Å². The van der Waals surface area contributed by atoms with Gasteiger partial charge in [0.25, 0.3) is 5.91 Å². The number of nitriles is 1. The Balaban J connectivity index is 2.21. The highest BCUT2D eigenvalue weighted by Gasteiger charge is 2.14. The minimum absolute atomic E-state index is 0.107. The van der Waals surface area contributed by atoms with Gasteiger partial charge in [0.1, 0.15) is 17.4 Å². The first-order valence-electron chi connectivity index (χ1n) is 8.30. The maximum absolute atomic E-state index is 12.4. The van der Waals surface area contributed by atoms with Crippen LogP contribution in [0.25, 0.3) is 6.08 Å². The van der Waals surface area contributed by atoms with E-state index < -0.39 is 11.9 Å². The first kappa shape index (κ1) is 22.9. The van der Waals surface area contributed by atoms with Crippen LogP contribution < -0.4 is 10.1 Å². The topological polar surface area (TPSA) is 88.4 Å². The summed E-state index contributed by atoms with van der Waals surface area (Å²) in [5.74, 6) is -0.678. The van der Waals surface area contributed by atoms with Gasteiger partial charge >= 0.3 is 5.97 Å². The lowest BCUT2D eigenvalue weighted by atomic mass is 10.1. The van der Waals surface area contributed by atoms with Crippen LogP contribution in [0.3, 0.4) is 0 Å². The number of nitrogens with one attached hydrogen (secondary N) is 1. The molecule has 0 bridgehead atoms. The maximum atomic E-state index is 12.4. The van der Waals surface area contributed by atoms with Gasteiger partial charge in [-0.15, -0.1) is 0 Å². The fourth-order valence-electron chi connectivity index (χ4n) is 2.20. The normalized spacial score (nSPS) is 10.8. The van der Waals surface area contributed by atoms with E-state index >= 15 is 0 Å². The van der Waals surface area contributed by atoms with Crippen LogP contribution in [-0.2, 0) is 14.3 Å². The lowest BCUT2D eigenvalue weighted by Gasteiger charge is -2.11. The number of benzene rings is 2.